The van der Waals surface area contributed by atoms with E-state index in [-0.39, 0.29) is 0 Å². The average Bonchev–Trinajstić information content (AvgIpc) is 1.86. The predicted octanol–water partition coefficient (Wildman–Crippen LogP) is 2.60. The Kier molecular flexibility index (Phi) is 4.38. The molecular formula is C8H22Si2. The van der Waals surface area contributed by atoms with Gasteiger partial charge in [-0.2, -0.15) is 0 Å². The second-order valence-corrected chi connectivity index (χ2v) is 12.3. The van der Waals surface area contributed by atoms with E-state index < -0.39 is 16.5 Å². The standard InChI is InChI=1S/C8H22Si2/c1-5-7-9(3)10(4)8-6-2/h9-10H,5-8H2,1-4H3/i9D,10D. The number of hydrogen-bond donors (Lipinski definition) is 0. The zero-order valence-corrected chi connectivity index (χ0v) is 9.83. The maximum Gasteiger partial charge on any atom is 0.0246 e. The second-order valence-electron chi connectivity index (χ2n) is 3.06. The van der Waals surface area contributed by atoms with Gasteiger partial charge in [-0.3, -0.25) is 0 Å². The first kappa shape index (κ1) is 7.10. The van der Waals surface area contributed by atoms with Crippen LogP contribution in [0, 0.1) is 0 Å². The second kappa shape index (κ2) is 6.16. The molecule has 0 aliphatic heterocycles. The van der Waals surface area contributed by atoms with Gasteiger partial charge in [0.25, 0.3) is 0 Å². The zero-order chi connectivity index (χ0) is 9.83. The Bertz CT molecular complexity index is 119. The molecule has 0 aromatic carbocycles. The van der Waals surface area contributed by atoms with E-state index in [0.29, 0.717) is 0 Å². The predicted molar refractivity (Wildman–Crippen MR) is 56.2 cm³/mol. The molecule has 0 saturated heterocycles. The minimum Gasteiger partial charge on any atom is -0.0741 e. The summed E-state index contributed by atoms with van der Waals surface area (Å²) in [5.41, 5.74) is 0. The molecule has 62 valence electrons. The van der Waals surface area contributed by atoms with Gasteiger partial charge in [-0.05, 0) is 0 Å². The number of hydrogen-bond acceptors (Lipinski definition) is 0. The van der Waals surface area contributed by atoms with E-state index in [1.54, 1.807) is 0 Å². The maximum atomic E-state index is 8.25. The van der Waals surface area contributed by atoms with Crippen molar-refractivity contribution in [3.8, 4) is 0 Å². The van der Waals surface area contributed by atoms with Gasteiger partial charge in [0.2, 0.25) is 0 Å². The van der Waals surface area contributed by atoms with Gasteiger partial charge >= 0.3 is 0 Å². The van der Waals surface area contributed by atoms with Crippen LogP contribution in [0.5, 0.6) is 0 Å². The smallest absolute Gasteiger partial charge is 0.0246 e. The van der Waals surface area contributed by atoms with Crippen molar-refractivity contribution in [1.82, 2.24) is 0 Å². The van der Waals surface area contributed by atoms with Crippen molar-refractivity contribution >= 4 is 16.5 Å². The molecule has 0 aliphatic rings. The minimum absolute atomic E-state index is 1.03. The third-order valence-corrected chi connectivity index (χ3v) is 11.8. The van der Waals surface area contributed by atoms with Crippen LogP contribution >= 0.6 is 0 Å². The molecule has 2 unspecified atom stereocenters. The van der Waals surface area contributed by atoms with Crippen molar-refractivity contribution in [3.05, 3.63) is 0 Å². The minimum atomic E-state index is -1.90. The van der Waals surface area contributed by atoms with Crippen molar-refractivity contribution in [2.24, 2.45) is 0 Å². The molecule has 0 rings (SSSR count). The Morgan fingerprint density at radius 1 is 1.00 bits per heavy atom. The zero-order valence-electron chi connectivity index (χ0n) is 9.83. The summed E-state index contributed by atoms with van der Waals surface area (Å²) in [6.45, 7) is 8.45. The molecule has 0 aromatic rings. The van der Waals surface area contributed by atoms with Crippen LogP contribution in [0.1, 0.15) is 26.7 Å². The molecule has 0 nitrogen and oxygen atoms in total. The molecule has 10 heavy (non-hydrogen) atoms. The lowest BCUT2D eigenvalue weighted by Crippen LogP contribution is -2.28. The molecule has 0 aliphatic carbocycles. The molecule has 2 atom stereocenters. The van der Waals surface area contributed by atoms with E-state index in [9.17, 15) is 0 Å². The summed E-state index contributed by atoms with van der Waals surface area (Å²) in [4.78, 5) is 0. The lowest BCUT2D eigenvalue weighted by atomic mass is 10.6. The summed E-state index contributed by atoms with van der Waals surface area (Å²) >= 11 is 0. The normalized spacial score (nSPS) is 26.0. The highest BCUT2D eigenvalue weighted by Crippen LogP contribution is 2.06. The Morgan fingerprint density at radius 3 is 1.50 bits per heavy atom. The van der Waals surface area contributed by atoms with E-state index in [0.717, 1.165) is 24.9 Å². The highest BCUT2D eigenvalue weighted by Gasteiger charge is 2.12. The van der Waals surface area contributed by atoms with Gasteiger partial charge in [-0.15, -0.1) is 0 Å². The van der Waals surface area contributed by atoms with Crippen LogP contribution < -0.4 is 0 Å². The molecule has 0 bridgehead atoms. The van der Waals surface area contributed by atoms with E-state index in [2.05, 4.69) is 26.9 Å². The summed E-state index contributed by atoms with van der Waals surface area (Å²) < 4.78 is 16.5. The lowest BCUT2D eigenvalue weighted by Gasteiger charge is -2.14. The molecule has 0 heterocycles. The fraction of sp³-hybridized carbons (Fsp3) is 1.00. The highest BCUT2D eigenvalue weighted by molar-refractivity contribution is 7.21. The highest BCUT2D eigenvalue weighted by atomic mass is 29.2. The van der Waals surface area contributed by atoms with E-state index in [1.807, 2.05) is 0 Å². The third-order valence-electron chi connectivity index (χ3n) is 1.98. The van der Waals surface area contributed by atoms with Gasteiger partial charge in [0.15, 0.2) is 0 Å². The van der Waals surface area contributed by atoms with Crippen LogP contribution in [0.3, 0.4) is 0 Å². The van der Waals surface area contributed by atoms with Gasteiger partial charge in [0, 0.05) is 19.0 Å². The molecule has 0 spiro atoms. The molecule has 0 amide bonds. The fourth-order valence-electron chi connectivity index (χ4n) is 1.18. The van der Waals surface area contributed by atoms with Crippen molar-refractivity contribution in [3.63, 3.8) is 0 Å². The van der Waals surface area contributed by atoms with Crippen molar-refractivity contribution in [1.29, 1.82) is 2.47 Å². The number of rotatable bonds is 5. The SMILES string of the molecule is [2H][Si](C)(CCC)[Si]([2H])(C)CCC. The first-order valence-corrected chi connectivity index (χ1v) is 9.79. The van der Waals surface area contributed by atoms with Crippen molar-refractivity contribution in [2.75, 3.05) is 0 Å². The first-order chi connectivity index (χ1) is 5.37. The van der Waals surface area contributed by atoms with Gasteiger partial charge in [0.1, 0.15) is 0 Å². The maximum absolute atomic E-state index is 8.25. The van der Waals surface area contributed by atoms with Crippen molar-refractivity contribution in [2.45, 2.75) is 51.9 Å². The van der Waals surface area contributed by atoms with Crippen LogP contribution in [0.2, 0.25) is 25.2 Å². The van der Waals surface area contributed by atoms with Gasteiger partial charge in [-0.25, -0.2) is 0 Å². The van der Waals surface area contributed by atoms with E-state index in [1.165, 1.54) is 0 Å². The summed E-state index contributed by atoms with van der Waals surface area (Å²) in [7, 11) is -3.79. The van der Waals surface area contributed by atoms with Crippen LogP contribution in [-0.4, -0.2) is 19.0 Å². The Morgan fingerprint density at radius 2 is 1.30 bits per heavy atom. The lowest BCUT2D eigenvalue weighted by molar-refractivity contribution is 1.05. The Labute approximate surface area is 71.5 Å². The molecular weight excluding hydrogens is 152 g/mol. The largest absolute Gasteiger partial charge is 0.0741 e. The molecule has 2 heteroatoms. The average molecular weight is 176 g/mol. The summed E-state index contributed by atoms with van der Waals surface area (Å²) in [5.74, 6) is 0. The summed E-state index contributed by atoms with van der Waals surface area (Å²) in [5, 5.41) is 0. The molecule has 0 N–H and O–H groups in total. The topological polar surface area (TPSA) is 0 Å². The van der Waals surface area contributed by atoms with E-state index in [4.69, 9.17) is 2.47 Å². The van der Waals surface area contributed by atoms with Gasteiger partial charge in [0.05, 0.1) is 0 Å². The van der Waals surface area contributed by atoms with Crippen molar-refractivity contribution < 1.29 is 0 Å². The summed E-state index contributed by atoms with van der Waals surface area (Å²) in [6.07, 6.45) is 2.19. The molecule has 0 aromatic heterocycles. The molecule has 0 radical (unpaired) electrons. The molecule has 0 fully saturated rings. The van der Waals surface area contributed by atoms with Gasteiger partial charge < -0.3 is 0 Å². The van der Waals surface area contributed by atoms with Crippen LogP contribution in [0.25, 0.3) is 0 Å². The van der Waals surface area contributed by atoms with Crippen LogP contribution in [-0.2, 0) is 0 Å². The van der Waals surface area contributed by atoms with Gasteiger partial charge in [-0.1, -0.05) is 51.9 Å². The quantitative estimate of drug-likeness (QED) is 0.565. The Hall–Kier alpha value is 0.434. The molecule has 0 saturated carbocycles. The third kappa shape index (κ3) is 4.28. The van der Waals surface area contributed by atoms with Crippen LogP contribution in [0.15, 0.2) is 0 Å². The summed E-state index contributed by atoms with van der Waals surface area (Å²) in [6, 6.07) is 2.05. The van der Waals surface area contributed by atoms with E-state index >= 15 is 0 Å². The fourth-order valence-corrected chi connectivity index (χ4v) is 7.59. The first-order valence-electron chi connectivity index (χ1n) is 5.37. The monoisotopic (exact) mass is 176 g/mol. The Balaban J connectivity index is 4.28. The van der Waals surface area contributed by atoms with Crippen LogP contribution in [0.4, 0.5) is 0 Å².